The fourth-order valence-corrected chi connectivity index (χ4v) is 0.263. The molecule has 0 bridgehead atoms. The van der Waals surface area contributed by atoms with E-state index in [0.29, 0.717) is 0 Å². The summed E-state index contributed by atoms with van der Waals surface area (Å²) in [4.78, 5) is 0. The molecule has 1 atom stereocenters. The van der Waals surface area contributed by atoms with Gasteiger partial charge in [0.05, 0.1) is 0 Å². The van der Waals surface area contributed by atoms with Crippen molar-refractivity contribution >= 4 is 0 Å². The number of hydrogen-bond donors (Lipinski definition) is 2. The van der Waals surface area contributed by atoms with Crippen LogP contribution in [0.5, 0.6) is 0 Å². The third-order valence-corrected chi connectivity index (χ3v) is 0.601. The number of rotatable bonds is 2. The lowest BCUT2D eigenvalue weighted by atomic mass is 10.2. The van der Waals surface area contributed by atoms with E-state index in [9.17, 15) is 4.39 Å². The van der Waals surface area contributed by atoms with Crippen molar-refractivity contribution in [2.24, 2.45) is 5.73 Å². The molecule has 0 radical (unpaired) electrons. The van der Waals surface area contributed by atoms with Crippen LogP contribution in [0.25, 0.3) is 0 Å². The second-order valence-corrected chi connectivity index (χ2v) is 1.68. The molecule has 3 N–H and O–H groups in total. The molecule has 0 spiro atoms. The molecule has 0 aromatic carbocycles. The summed E-state index contributed by atoms with van der Waals surface area (Å²) in [6, 6.07) is 0. The minimum absolute atomic E-state index is 0.00694. The van der Waals surface area contributed by atoms with Crippen LogP contribution in [-0.2, 0) is 0 Å². The summed E-state index contributed by atoms with van der Waals surface area (Å²) in [6.45, 7) is 1.27. The predicted octanol–water partition coefficient (Wildman–Crippen LogP) is 0.0132. The van der Waals surface area contributed by atoms with Crippen LogP contribution in [0.2, 0.25) is 0 Å². The Morgan fingerprint density at radius 1 is 1.86 bits per heavy atom. The average Bonchev–Trinajstić information content (AvgIpc) is 1.30. The van der Waals surface area contributed by atoms with Crippen molar-refractivity contribution in [1.82, 2.24) is 0 Å². The van der Waals surface area contributed by atoms with Crippen LogP contribution < -0.4 is 5.73 Å². The van der Waals surface area contributed by atoms with Gasteiger partial charge < -0.3 is 10.8 Å². The van der Waals surface area contributed by atoms with Crippen LogP contribution in [-0.4, -0.2) is 17.5 Å². The summed E-state index contributed by atoms with van der Waals surface area (Å²) in [7, 11) is 0. The molecule has 0 aromatic rings. The van der Waals surface area contributed by atoms with Gasteiger partial charge in [-0.15, -0.1) is 0 Å². The molecular formula is C4H10FNO. The molecule has 0 heterocycles. The number of nitrogens with two attached hydrogens (primary N) is 1. The lowest BCUT2D eigenvalue weighted by Crippen LogP contribution is -2.20. The maximum Gasteiger partial charge on any atom is 0.205 e. The van der Waals surface area contributed by atoms with Crippen LogP contribution in [0.3, 0.4) is 0 Å². The first-order valence-electron chi connectivity index (χ1n) is 2.17. The zero-order valence-corrected chi connectivity index (χ0v) is 4.32. The highest BCUT2D eigenvalue weighted by atomic mass is 19.2. The lowest BCUT2D eigenvalue weighted by molar-refractivity contribution is -0.0741. The Kier molecular flexibility index (Phi) is 2.19. The van der Waals surface area contributed by atoms with Crippen molar-refractivity contribution in [2.45, 2.75) is 19.2 Å². The third kappa shape index (κ3) is 5.85. The van der Waals surface area contributed by atoms with Crippen molar-refractivity contribution in [3.63, 3.8) is 0 Å². The molecule has 0 fully saturated rings. The van der Waals surface area contributed by atoms with Gasteiger partial charge >= 0.3 is 0 Å². The highest BCUT2D eigenvalue weighted by molar-refractivity contribution is 4.55. The fourth-order valence-electron chi connectivity index (χ4n) is 0.263. The standard InChI is InChI=1S/C4H10FNO/c1-4(5,7)2-3-6/h7H,2-3,6H2,1H3. The average molecular weight is 107 g/mol. The predicted molar refractivity (Wildman–Crippen MR) is 25.4 cm³/mol. The van der Waals surface area contributed by atoms with Crippen LogP contribution in [0, 0.1) is 0 Å². The number of alkyl halides is 1. The molecule has 7 heavy (non-hydrogen) atoms. The van der Waals surface area contributed by atoms with Gasteiger partial charge in [0, 0.05) is 6.42 Å². The molecular weight excluding hydrogens is 97.0 g/mol. The van der Waals surface area contributed by atoms with E-state index in [1.165, 1.54) is 0 Å². The van der Waals surface area contributed by atoms with E-state index >= 15 is 0 Å². The summed E-state index contributed by atoms with van der Waals surface area (Å²) in [5.41, 5.74) is 4.91. The van der Waals surface area contributed by atoms with Crippen LogP contribution in [0.4, 0.5) is 4.39 Å². The Morgan fingerprint density at radius 3 is 2.29 bits per heavy atom. The highest BCUT2D eigenvalue weighted by Gasteiger charge is 2.14. The Labute approximate surface area is 42.1 Å². The van der Waals surface area contributed by atoms with Crippen molar-refractivity contribution in [1.29, 1.82) is 0 Å². The molecule has 0 amide bonds. The monoisotopic (exact) mass is 107 g/mol. The molecule has 0 aliphatic carbocycles. The second-order valence-electron chi connectivity index (χ2n) is 1.68. The maximum absolute atomic E-state index is 11.9. The van der Waals surface area contributed by atoms with Gasteiger partial charge in [-0.25, -0.2) is 4.39 Å². The minimum atomic E-state index is -2.07. The van der Waals surface area contributed by atoms with Gasteiger partial charge in [0.15, 0.2) is 0 Å². The molecule has 0 aliphatic rings. The topological polar surface area (TPSA) is 46.2 Å². The molecule has 2 nitrogen and oxygen atoms in total. The number of aliphatic hydroxyl groups is 1. The SMILES string of the molecule is CC(O)(F)CCN. The summed E-state index contributed by atoms with van der Waals surface area (Å²) < 4.78 is 11.9. The van der Waals surface area contributed by atoms with Gasteiger partial charge in [0.2, 0.25) is 5.85 Å². The quantitative estimate of drug-likeness (QED) is 0.522. The van der Waals surface area contributed by atoms with E-state index in [2.05, 4.69) is 0 Å². The minimum Gasteiger partial charge on any atom is -0.362 e. The zero-order chi connectivity index (χ0) is 5.91. The summed E-state index contributed by atoms with van der Waals surface area (Å²) >= 11 is 0. The number of hydrogen-bond acceptors (Lipinski definition) is 2. The molecule has 0 rings (SSSR count). The lowest BCUT2D eigenvalue weighted by Gasteiger charge is -2.08. The van der Waals surface area contributed by atoms with Gasteiger partial charge in [-0.05, 0) is 13.5 Å². The zero-order valence-electron chi connectivity index (χ0n) is 4.32. The van der Waals surface area contributed by atoms with Crippen LogP contribution in [0.15, 0.2) is 0 Å². The molecule has 0 aliphatic heterocycles. The van der Waals surface area contributed by atoms with Gasteiger partial charge in [-0.1, -0.05) is 0 Å². The molecule has 44 valence electrons. The Hall–Kier alpha value is -0.150. The van der Waals surface area contributed by atoms with E-state index in [1.54, 1.807) is 0 Å². The van der Waals surface area contributed by atoms with E-state index in [4.69, 9.17) is 10.8 Å². The van der Waals surface area contributed by atoms with Crippen LogP contribution in [0.1, 0.15) is 13.3 Å². The highest BCUT2D eigenvalue weighted by Crippen LogP contribution is 2.07. The number of halogens is 1. The largest absolute Gasteiger partial charge is 0.362 e. The third-order valence-electron chi connectivity index (χ3n) is 0.601. The molecule has 0 saturated heterocycles. The summed E-state index contributed by atoms with van der Waals surface area (Å²) in [5.74, 6) is -2.07. The Bertz CT molecular complexity index is 50.1. The smallest absolute Gasteiger partial charge is 0.205 e. The Balaban J connectivity index is 3.15. The normalized spacial score (nSPS) is 18.9. The van der Waals surface area contributed by atoms with E-state index in [0.717, 1.165) is 6.92 Å². The first-order chi connectivity index (χ1) is 3.06. The van der Waals surface area contributed by atoms with Crippen molar-refractivity contribution < 1.29 is 9.50 Å². The molecule has 0 saturated carbocycles. The Morgan fingerprint density at radius 2 is 2.29 bits per heavy atom. The van der Waals surface area contributed by atoms with Gasteiger partial charge in [-0.3, -0.25) is 0 Å². The van der Waals surface area contributed by atoms with E-state index < -0.39 is 5.85 Å². The van der Waals surface area contributed by atoms with E-state index in [1.807, 2.05) is 0 Å². The van der Waals surface area contributed by atoms with Crippen molar-refractivity contribution in [3.05, 3.63) is 0 Å². The molecule has 0 aromatic heterocycles. The summed E-state index contributed by atoms with van der Waals surface area (Å²) in [6.07, 6.45) is 0.00694. The van der Waals surface area contributed by atoms with Crippen LogP contribution >= 0.6 is 0 Å². The van der Waals surface area contributed by atoms with Crippen molar-refractivity contribution in [2.75, 3.05) is 6.54 Å². The first-order valence-corrected chi connectivity index (χ1v) is 2.17. The first kappa shape index (κ1) is 6.85. The fraction of sp³-hybridized carbons (Fsp3) is 1.00. The van der Waals surface area contributed by atoms with Gasteiger partial charge in [0.25, 0.3) is 0 Å². The second kappa shape index (κ2) is 2.23. The van der Waals surface area contributed by atoms with Gasteiger partial charge in [0.1, 0.15) is 0 Å². The van der Waals surface area contributed by atoms with E-state index in [-0.39, 0.29) is 13.0 Å². The van der Waals surface area contributed by atoms with Crippen molar-refractivity contribution in [3.8, 4) is 0 Å². The molecule has 3 heteroatoms. The van der Waals surface area contributed by atoms with Gasteiger partial charge in [-0.2, -0.15) is 0 Å². The molecule has 1 unspecified atom stereocenters. The maximum atomic E-state index is 11.9. The summed E-state index contributed by atoms with van der Waals surface area (Å²) in [5, 5.41) is 8.27.